The smallest absolute Gasteiger partial charge is 0.334 e. The van der Waals surface area contributed by atoms with Crippen LogP contribution in [-0.2, 0) is 11.3 Å². The third-order valence-corrected chi connectivity index (χ3v) is 2.43. The molecule has 0 spiro atoms. The molecule has 0 fully saturated rings. The van der Waals surface area contributed by atoms with E-state index in [0.29, 0.717) is 6.54 Å². The number of aromatic nitrogens is 1. The van der Waals surface area contributed by atoms with Gasteiger partial charge >= 0.3 is 12.1 Å². The first-order chi connectivity index (χ1) is 8.43. The van der Waals surface area contributed by atoms with Crippen LogP contribution in [0.3, 0.4) is 0 Å². The zero-order valence-electron chi connectivity index (χ0n) is 10.6. The number of rotatable bonds is 5. The first-order valence-electron chi connectivity index (χ1n) is 5.37. The van der Waals surface area contributed by atoms with Gasteiger partial charge in [-0.1, -0.05) is 6.07 Å². The number of nitro groups is 1. The molecule has 1 atom stereocenters. The molecule has 7 heteroatoms. The van der Waals surface area contributed by atoms with Gasteiger partial charge in [-0.05, 0) is 25.7 Å². The normalized spacial score (nSPS) is 12.2. The fourth-order valence-corrected chi connectivity index (χ4v) is 1.54. The van der Waals surface area contributed by atoms with Crippen LogP contribution in [0.25, 0.3) is 0 Å². The van der Waals surface area contributed by atoms with Gasteiger partial charge in [0.25, 0.3) is 0 Å². The predicted molar refractivity (Wildman–Crippen MR) is 65.2 cm³/mol. The maximum Gasteiger partial charge on any atom is 0.346 e. The molecule has 1 unspecified atom stereocenters. The fourth-order valence-electron chi connectivity index (χ4n) is 1.54. The van der Waals surface area contributed by atoms with Gasteiger partial charge in [-0.3, -0.25) is 19.9 Å². The van der Waals surface area contributed by atoms with E-state index in [2.05, 4.69) is 4.98 Å². The van der Waals surface area contributed by atoms with Gasteiger partial charge in [0.2, 0.25) is 0 Å². The third kappa shape index (κ3) is 3.49. The molecule has 0 aliphatic heterocycles. The molecule has 0 aliphatic rings. The van der Waals surface area contributed by atoms with Gasteiger partial charge in [0.1, 0.15) is 0 Å². The lowest BCUT2D eigenvalue weighted by atomic mass is 10.2. The molecule has 1 aromatic rings. The van der Waals surface area contributed by atoms with Gasteiger partial charge in [0.05, 0.1) is 0 Å². The Balaban J connectivity index is 2.74. The van der Waals surface area contributed by atoms with Crippen molar-refractivity contribution in [1.82, 2.24) is 14.8 Å². The van der Waals surface area contributed by atoms with Crippen molar-refractivity contribution in [3.63, 3.8) is 0 Å². The zero-order valence-corrected chi connectivity index (χ0v) is 10.6. The second-order valence-corrected chi connectivity index (χ2v) is 4.18. The van der Waals surface area contributed by atoms with E-state index in [1.165, 1.54) is 30.9 Å². The standard InChI is InChI=1S/C11H16N4O3/c1-13(2)10(15(17)18)11(16)14(3)8-9-5-4-6-12-7-9/h4-7,10H,8H2,1-3H3. The van der Waals surface area contributed by atoms with E-state index in [1.54, 1.807) is 18.5 Å². The molecule has 98 valence electrons. The Kier molecular flexibility index (Phi) is 4.73. The van der Waals surface area contributed by atoms with E-state index in [1.807, 2.05) is 6.07 Å². The maximum atomic E-state index is 12.0. The minimum atomic E-state index is -1.35. The van der Waals surface area contributed by atoms with Gasteiger partial charge in [0, 0.05) is 30.9 Å². The Bertz CT molecular complexity index is 422. The van der Waals surface area contributed by atoms with Crippen LogP contribution >= 0.6 is 0 Å². The van der Waals surface area contributed by atoms with Crippen molar-refractivity contribution in [2.24, 2.45) is 0 Å². The summed E-state index contributed by atoms with van der Waals surface area (Å²) in [5, 5.41) is 10.8. The van der Waals surface area contributed by atoms with Crippen molar-refractivity contribution in [1.29, 1.82) is 0 Å². The van der Waals surface area contributed by atoms with Crippen molar-refractivity contribution < 1.29 is 9.72 Å². The van der Waals surface area contributed by atoms with Crippen molar-refractivity contribution in [2.75, 3.05) is 21.1 Å². The number of amides is 1. The van der Waals surface area contributed by atoms with Crippen LogP contribution in [0.1, 0.15) is 5.56 Å². The number of hydrogen-bond donors (Lipinski definition) is 0. The molecular weight excluding hydrogens is 236 g/mol. The molecule has 1 rings (SSSR count). The number of hydrogen-bond acceptors (Lipinski definition) is 5. The highest BCUT2D eigenvalue weighted by atomic mass is 16.6. The van der Waals surface area contributed by atoms with E-state index in [4.69, 9.17) is 0 Å². The number of pyridine rings is 1. The van der Waals surface area contributed by atoms with Crippen molar-refractivity contribution in [3.8, 4) is 0 Å². The van der Waals surface area contributed by atoms with Gasteiger partial charge in [-0.25, -0.2) is 4.90 Å². The highest BCUT2D eigenvalue weighted by molar-refractivity contribution is 5.79. The van der Waals surface area contributed by atoms with E-state index in [0.717, 1.165) is 5.56 Å². The molecule has 7 nitrogen and oxygen atoms in total. The zero-order chi connectivity index (χ0) is 13.7. The van der Waals surface area contributed by atoms with Crippen LogP contribution in [-0.4, -0.2) is 52.9 Å². The Morgan fingerprint density at radius 1 is 1.50 bits per heavy atom. The average molecular weight is 252 g/mol. The SMILES string of the molecule is CN(Cc1cccnc1)C(=O)C(N(C)C)[N+](=O)[O-]. The van der Waals surface area contributed by atoms with Crippen LogP contribution < -0.4 is 0 Å². The molecular formula is C11H16N4O3. The summed E-state index contributed by atoms with van der Waals surface area (Å²) in [5.41, 5.74) is 0.828. The van der Waals surface area contributed by atoms with Crippen LogP contribution in [0.5, 0.6) is 0 Å². The molecule has 1 heterocycles. The summed E-state index contributed by atoms with van der Waals surface area (Å²) < 4.78 is 0. The molecule has 0 radical (unpaired) electrons. The minimum Gasteiger partial charge on any atom is -0.334 e. The molecule has 0 saturated heterocycles. The van der Waals surface area contributed by atoms with Gasteiger partial charge in [-0.2, -0.15) is 0 Å². The summed E-state index contributed by atoms with van der Waals surface area (Å²) in [7, 11) is 4.54. The number of nitrogens with zero attached hydrogens (tertiary/aromatic N) is 4. The monoisotopic (exact) mass is 252 g/mol. The van der Waals surface area contributed by atoms with Crippen LogP contribution in [0, 0.1) is 10.1 Å². The molecule has 0 saturated carbocycles. The van der Waals surface area contributed by atoms with Crippen molar-refractivity contribution >= 4 is 5.91 Å². The summed E-state index contributed by atoms with van der Waals surface area (Å²) in [6, 6.07) is 3.57. The maximum absolute atomic E-state index is 12.0. The van der Waals surface area contributed by atoms with E-state index < -0.39 is 17.0 Å². The summed E-state index contributed by atoms with van der Waals surface area (Å²) >= 11 is 0. The molecule has 1 aromatic heterocycles. The lowest BCUT2D eigenvalue weighted by Crippen LogP contribution is -2.48. The first-order valence-corrected chi connectivity index (χ1v) is 5.37. The number of carbonyl (C=O) groups is 1. The first kappa shape index (κ1) is 14.0. The third-order valence-electron chi connectivity index (χ3n) is 2.43. The second-order valence-electron chi connectivity index (χ2n) is 4.18. The predicted octanol–water partition coefficient (Wildman–Crippen LogP) is 0.204. The quantitative estimate of drug-likeness (QED) is 0.425. The molecule has 0 aromatic carbocycles. The fraction of sp³-hybridized carbons (Fsp3) is 0.455. The van der Waals surface area contributed by atoms with Gasteiger partial charge in [-0.15, -0.1) is 0 Å². The Labute approximate surface area is 105 Å². The lowest BCUT2D eigenvalue weighted by Gasteiger charge is -2.22. The van der Waals surface area contributed by atoms with E-state index in [-0.39, 0.29) is 0 Å². The molecule has 0 N–H and O–H groups in total. The van der Waals surface area contributed by atoms with Gasteiger partial charge < -0.3 is 4.90 Å². The lowest BCUT2D eigenvalue weighted by molar-refractivity contribution is -0.532. The summed E-state index contributed by atoms with van der Waals surface area (Å²) in [6.07, 6.45) is 1.90. The van der Waals surface area contributed by atoms with E-state index >= 15 is 0 Å². The highest BCUT2D eigenvalue weighted by Gasteiger charge is 2.34. The van der Waals surface area contributed by atoms with Crippen LogP contribution in [0.15, 0.2) is 24.5 Å². The Hall–Kier alpha value is -2.02. The van der Waals surface area contributed by atoms with Crippen LogP contribution in [0.2, 0.25) is 0 Å². The molecule has 0 bridgehead atoms. The summed E-state index contributed by atoms with van der Waals surface area (Å²) in [6.45, 7) is 0.296. The molecule has 1 amide bonds. The largest absolute Gasteiger partial charge is 0.346 e. The topological polar surface area (TPSA) is 79.6 Å². The van der Waals surface area contributed by atoms with Gasteiger partial charge in [0.15, 0.2) is 0 Å². The average Bonchev–Trinajstić information content (AvgIpc) is 2.29. The molecule has 0 aliphatic carbocycles. The van der Waals surface area contributed by atoms with Crippen LogP contribution in [0.4, 0.5) is 0 Å². The Morgan fingerprint density at radius 2 is 2.17 bits per heavy atom. The number of carbonyl (C=O) groups excluding carboxylic acids is 1. The number of likely N-dealkylation sites (N-methyl/N-ethyl adjacent to an activating group) is 2. The van der Waals surface area contributed by atoms with Crippen molar-refractivity contribution in [2.45, 2.75) is 12.7 Å². The van der Waals surface area contributed by atoms with Crippen molar-refractivity contribution in [3.05, 3.63) is 40.2 Å². The Morgan fingerprint density at radius 3 is 2.61 bits per heavy atom. The minimum absolute atomic E-state index is 0.296. The highest BCUT2D eigenvalue weighted by Crippen LogP contribution is 2.05. The molecule has 18 heavy (non-hydrogen) atoms. The summed E-state index contributed by atoms with van der Waals surface area (Å²) in [4.78, 5) is 28.7. The second kappa shape index (κ2) is 6.06. The van der Waals surface area contributed by atoms with E-state index in [9.17, 15) is 14.9 Å². The summed E-state index contributed by atoms with van der Waals surface area (Å²) in [5.74, 6) is -0.547.